The summed E-state index contributed by atoms with van der Waals surface area (Å²) in [6, 6.07) is 9.83. The second-order valence-electron chi connectivity index (χ2n) is 6.67. The van der Waals surface area contributed by atoms with Crippen molar-refractivity contribution in [2.45, 2.75) is 30.8 Å². The number of carbonyl (C=O) groups excluding carboxylic acids is 2. The molecule has 0 saturated carbocycles. The number of hydrogen-bond donors (Lipinski definition) is 1. The third kappa shape index (κ3) is 2.96. The number of carbonyl (C=O) groups is 2. The van der Waals surface area contributed by atoms with Crippen molar-refractivity contribution in [3.8, 4) is 0 Å². The van der Waals surface area contributed by atoms with Crippen LogP contribution in [0.5, 0.6) is 0 Å². The molecule has 2 amide bonds. The number of nitrogens with zero attached hydrogens (tertiary/aromatic N) is 2. The van der Waals surface area contributed by atoms with Gasteiger partial charge in [-0.15, -0.1) is 0 Å². The van der Waals surface area contributed by atoms with E-state index in [-0.39, 0.29) is 11.8 Å². The number of rotatable bonds is 3. The lowest BCUT2D eigenvalue weighted by Gasteiger charge is -2.42. The van der Waals surface area contributed by atoms with Gasteiger partial charge in [0, 0.05) is 26.2 Å². The number of aliphatic hydroxyl groups excluding tert-OH is 1. The van der Waals surface area contributed by atoms with Gasteiger partial charge in [0.05, 0.1) is 11.5 Å². The van der Waals surface area contributed by atoms with Gasteiger partial charge in [-0.3, -0.25) is 9.59 Å². The number of likely N-dealkylation sites (tertiary alicyclic amines) is 2. The summed E-state index contributed by atoms with van der Waals surface area (Å²) in [5.74, 6) is -0.00309. The van der Waals surface area contributed by atoms with Crippen molar-refractivity contribution < 1.29 is 14.7 Å². The third-order valence-electron chi connectivity index (χ3n) is 5.29. The van der Waals surface area contributed by atoms with Gasteiger partial charge in [0.15, 0.2) is 0 Å². The minimum atomic E-state index is -0.608. The fraction of sp³-hybridized carbons (Fsp3) is 0.474. The van der Waals surface area contributed by atoms with Gasteiger partial charge in [-0.1, -0.05) is 36.9 Å². The molecule has 2 heterocycles. The Hall–Kier alpha value is -2.14. The van der Waals surface area contributed by atoms with Crippen molar-refractivity contribution in [2.75, 3.05) is 26.2 Å². The SMILES string of the molecule is C=CC(=O)N1CCC(C(=O)N2CC[C@@H](O)C2)(c2ccccc2)CC1. The first-order chi connectivity index (χ1) is 11.6. The van der Waals surface area contributed by atoms with Gasteiger partial charge in [-0.25, -0.2) is 0 Å². The van der Waals surface area contributed by atoms with Crippen LogP contribution in [0.25, 0.3) is 0 Å². The monoisotopic (exact) mass is 328 g/mol. The Morgan fingerprint density at radius 3 is 2.33 bits per heavy atom. The number of benzene rings is 1. The molecule has 1 atom stereocenters. The topological polar surface area (TPSA) is 60.9 Å². The van der Waals surface area contributed by atoms with Crippen molar-refractivity contribution >= 4 is 11.8 Å². The van der Waals surface area contributed by atoms with Crippen molar-refractivity contribution in [3.63, 3.8) is 0 Å². The van der Waals surface area contributed by atoms with Crippen LogP contribution in [0.15, 0.2) is 43.0 Å². The molecule has 3 rings (SSSR count). The summed E-state index contributed by atoms with van der Waals surface area (Å²) < 4.78 is 0. The molecule has 2 fully saturated rings. The van der Waals surface area contributed by atoms with Crippen LogP contribution in [0.1, 0.15) is 24.8 Å². The second kappa shape index (κ2) is 6.77. The predicted molar refractivity (Wildman–Crippen MR) is 91.3 cm³/mol. The molecule has 0 aliphatic carbocycles. The number of hydrogen-bond acceptors (Lipinski definition) is 3. The summed E-state index contributed by atoms with van der Waals surface area (Å²) in [5, 5.41) is 9.79. The summed E-state index contributed by atoms with van der Waals surface area (Å²) in [6.07, 6.45) is 2.74. The minimum Gasteiger partial charge on any atom is -0.391 e. The summed E-state index contributed by atoms with van der Waals surface area (Å²) in [7, 11) is 0. The number of aliphatic hydroxyl groups is 1. The molecule has 0 bridgehead atoms. The van der Waals surface area contributed by atoms with Crippen molar-refractivity contribution in [1.82, 2.24) is 9.80 Å². The lowest BCUT2D eigenvalue weighted by Crippen LogP contribution is -2.53. The highest BCUT2D eigenvalue weighted by Crippen LogP contribution is 2.38. The van der Waals surface area contributed by atoms with Crippen LogP contribution in [0, 0.1) is 0 Å². The highest BCUT2D eigenvalue weighted by Gasteiger charge is 2.46. The molecule has 0 aromatic heterocycles. The summed E-state index contributed by atoms with van der Waals surface area (Å²) in [4.78, 5) is 28.7. The maximum atomic E-state index is 13.3. The zero-order chi connectivity index (χ0) is 17.2. The van der Waals surface area contributed by atoms with Crippen LogP contribution < -0.4 is 0 Å². The highest BCUT2D eigenvalue weighted by molar-refractivity contribution is 5.90. The maximum Gasteiger partial charge on any atom is 0.245 e. The van der Waals surface area contributed by atoms with E-state index in [9.17, 15) is 14.7 Å². The molecule has 24 heavy (non-hydrogen) atoms. The zero-order valence-electron chi connectivity index (χ0n) is 13.9. The molecule has 5 nitrogen and oxygen atoms in total. The first kappa shape index (κ1) is 16.7. The third-order valence-corrected chi connectivity index (χ3v) is 5.29. The van der Waals surface area contributed by atoms with E-state index in [1.54, 1.807) is 9.80 Å². The summed E-state index contributed by atoms with van der Waals surface area (Å²) >= 11 is 0. The fourth-order valence-corrected chi connectivity index (χ4v) is 3.85. The Morgan fingerprint density at radius 1 is 1.12 bits per heavy atom. The number of amides is 2. The molecule has 1 aromatic rings. The van der Waals surface area contributed by atoms with E-state index in [0.717, 1.165) is 5.56 Å². The van der Waals surface area contributed by atoms with Gasteiger partial charge in [0.25, 0.3) is 0 Å². The Morgan fingerprint density at radius 2 is 1.79 bits per heavy atom. The Labute approximate surface area is 142 Å². The summed E-state index contributed by atoms with van der Waals surface area (Å²) in [6.45, 7) is 5.64. The van der Waals surface area contributed by atoms with Gasteiger partial charge >= 0.3 is 0 Å². The van der Waals surface area contributed by atoms with Gasteiger partial charge in [0.1, 0.15) is 0 Å². The molecular weight excluding hydrogens is 304 g/mol. The largest absolute Gasteiger partial charge is 0.391 e. The van der Waals surface area contributed by atoms with Crippen molar-refractivity contribution in [1.29, 1.82) is 0 Å². The van der Waals surface area contributed by atoms with Crippen molar-refractivity contribution in [2.24, 2.45) is 0 Å². The Balaban J connectivity index is 1.88. The van der Waals surface area contributed by atoms with E-state index < -0.39 is 11.5 Å². The minimum absolute atomic E-state index is 0.0796. The first-order valence-electron chi connectivity index (χ1n) is 8.51. The standard InChI is InChI=1S/C19H24N2O3/c1-2-17(23)20-12-9-19(10-13-20,15-6-4-3-5-7-15)18(24)21-11-8-16(22)14-21/h2-7,16,22H,1,8-14H2/t16-/m1/s1. The van der Waals surface area contributed by atoms with Crippen LogP contribution in [0.2, 0.25) is 0 Å². The molecule has 1 aromatic carbocycles. The van der Waals surface area contributed by atoms with Gasteiger partial charge in [-0.2, -0.15) is 0 Å². The molecule has 0 radical (unpaired) electrons. The van der Waals surface area contributed by atoms with Crippen molar-refractivity contribution in [3.05, 3.63) is 48.6 Å². The molecule has 128 valence electrons. The van der Waals surface area contributed by atoms with E-state index in [1.807, 2.05) is 30.3 Å². The highest BCUT2D eigenvalue weighted by atomic mass is 16.3. The zero-order valence-corrected chi connectivity index (χ0v) is 13.9. The van der Waals surface area contributed by atoms with E-state index in [4.69, 9.17) is 0 Å². The van der Waals surface area contributed by atoms with Crippen LogP contribution in [-0.4, -0.2) is 59.0 Å². The lowest BCUT2D eigenvalue weighted by molar-refractivity contribution is -0.141. The molecule has 2 aliphatic rings. The van der Waals surface area contributed by atoms with Gasteiger partial charge < -0.3 is 14.9 Å². The van der Waals surface area contributed by atoms with Gasteiger partial charge in [-0.05, 0) is 30.9 Å². The van der Waals surface area contributed by atoms with E-state index in [1.165, 1.54) is 6.08 Å². The molecular formula is C19H24N2O3. The van der Waals surface area contributed by atoms with Crippen LogP contribution in [0.3, 0.4) is 0 Å². The molecule has 2 aliphatic heterocycles. The number of β-amino-alcohol motifs (C(OH)–C–C–N with tert-alkyl or cyclic N) is 1. The maximum absolute atomic E-state index is 13.3. The summed E-state index contributed by atoms with van der Waals surface area (Å²) in [5.41, 5.74) is 0.394. The van der Waals surface area contributed by atoms with E-state index >= 15 is 0 Å². The molecule has 0 unspecified atom stereocenters. The normalized spacial score (nSPS) is 23.1. The molecule has 5 heteroatoms. The first-order valence-corrected chi connectivity index (χ1v) is 8.51. The molecule has 2 saturated heterocycles. The van der Waals surface area contributed by atoms with Crippen LogP contribution >= 0.6 is 0 Å². The fourth-order valence-electron chi connectivity index (χ4n) is 3.85. The van der Waals surface area contributed by atoms with Crippen LogP contribution in [-0.2, 0) is 15.0 Å². The predicted octanol–water partition coefficient (Wildman–Crippen LogP) is 1.33. The smallest absolute Gasteiger partial charge is 0.245 e. The van der Waals surface area contributed by atoms with E-state index in [0.29, 0.717) is 45.4 Å². The Kier molecular flexibility index (Phi) is 4.71. The molecule has 0 spiro atoms. The second-order valence-corrected chi connectivity index (χ2v) is 6.67. The quantitative estimate of drug-likeness (QED) is 0.852. The lowest BCUT2D eigenvalue weighted by atomic mass is 9.71. The molecule has 1 N–H and O–H groups in total. The van der Waals surface area contributed by atoms with Gasteiger partial charge in [0.2, 0.25) is 11.8 Å². The average molecular weight is 328 g/mol. The number of piperidine rings is 1. The Bertz CT molecular complexity index is 621. The van der Waals surface area contributed by atoms with Crippen LogP contribution in [0.4, 0.5) is 0 Å². The average Bonchev–Trinajstić information content (AvgIpc) is 3.07. The van der Waals surface area contributed by atoms with E-state index in [2.05, 4.69) is 6.58 Å².